The second-order valence-electron chi connectivity index (χ2n) is 15.1. The van der Waals surface area contributed by atoms with Gasteiger partial charge in [-0.3, -0.25) is 0 Å². The Kier molecular flexibility index (Phi) is 6.45. The zero-order valence-electron chi connectivity index (χ0n) is 28.8. The summed E-state index contributed by atoms with van der Waals surface area (Å²) in [6.07, 6.45) is 0. The molecule has 0 spiro atoms. The van der Waals surface area contributed by atoms with Gasteiger partial charge in [0.2, 0.25) is 0 Å². The van der Waals surface area contributed by atoms with E-state index in [2.05, 4.69) is 196 Å². The third kappa shape index (κ3) is 4.54. The van der Waals surface area contributed by atoms with Gasteiger partial charge in [-0.05, 0) is 87.1 Å². The molecule has 0 aliphatic carbocycles. The molecule has 1 aromatic heterocycles. The molecule has 49 heavy (non-hydrogen) atoms. The summed E-state index contributed by atoms with van der Waals surface area (Å²) >= 11 is 0. The average Bonchev–Trinajstić information content (AvgIpc) is 3.45. The van der Waals surface area contributed by atoms with E-state index >= 15 is 0 Å². The van der Waals surface area contributed by atoms with Crippen molar-refractivity contribution in [1.82, 2.24) is 4.57 Å². The van der Waals surface area contributed by atoms with Crippen LogP contribution in [0.2, 0.25) is 0 Å². The van der Waals surface area contributed by atoms with Crippen LogP contribution in [0.5, 0.6) is 0 Å². The topological polar surface area (TPSA) is 8.17 Å². The second kappa shape index (κ2) is 10.7. The van der Waals surface area contributed by atoms with Gasteiger partial charge in [-0.2, -0.15) is 0 Å². The number of hydrogen-bond donors (Lipinski definition) is 0. The summed E-state index contributed by atoms with van der Waals surface area (Å²) in [5, 5.41) is 5.08. The standard InChI is InChI=1S/C47H40N2/c1-46(2,3)34-23-27-36(28-24-34)48(42-19-10-13-32-12-6-7-14-37(32)42)35-25-20-31(21-26-35)33-22-29-43-39(30-33)38-15-11-17-41-45(38)49(43)44-18-9-8-16-40(44)47(41,4)5/h6-30H,1-5H3. The van der Waals surface area contributed by atoms with Gasteiger partial charge >= 0.3 is 0 Å². The van der Waals surface area contributed by atoms with Gasteiger partial charge in [0, 0.05) is 32.9 Å². The molecular weight excluding hydrogens is 593 g/mol. The number of hydrogen-bond acceptors (Lipinski definition) is 1. The molecule has 1 aliphatic heterocycles. The molecule has 0 radical (unpaired) electrons. The molecule has 0 bridgehead atoms. The highest BCUT2D eigenvalue weighted by Crippen LogP contribution is 2.48. The van der Waals surface area contributed by atoms with Crippen molar-refractivity contribution in [3.05, 3.63) is 168 Å². The van der Waals surface area contributed by atoms with Crippen LogP contribution in [0.25, 0.3) is 49.4 Å². The van der Waals surface area contributed by atoms with Crippen LogP contribution in [0.1, 0.15) is 51.3 Å². The molecular formula is C47H40N2. The van der Waals surface area contributed by atoms with Crippen LogP contribution in [0, 0.1) is 0 Å². The molecule has 8 aromatic rings. The molecule has 0 N–H and O–H groups in total. The third-order valence-corrected chi connectivity index (χ3v) is 10.7. The normalized spacial score (nSPS) is 13.6. The van der Waals surface area contributed by atoms with Crippen molar-refractivity contribution in [2.45, 2.75) is 45.4 Å². The maximum absolute atomic E-state index is 2.49. The molecule has 0 saturated heterocycles. The summed E-state index contributed by atoms with van der Waals surface area (Å²) in [6, 6.07) is 56.2. The van der Waals surface area contributed by atoms with Crippen molar-refractivity contribution >= 4 is 49.6 Å². The maximum atomic E-state index is 2.49. The van der Waals surface area contributed by atoms with Gasteiger partial charge in [0.05, 0.1) is 22.4 Å². The van der Waals surface area contributed by atoms with Crippen LogP contribution < -0.4 is 4.90 Å². The number of nitrogens with zero attached hydrogens (tertiary/aromatic N) is 2. The minimum Gasteiger partial charge on any atom is -0.310 e. The first-order valence-corrected chi connectivity index (χ1v) is 17.4. The largest absolute Gasteiger partial charge is 0.310 e. The fourth-order valence-electron chi connectivity index (χ4n) is 8.09. The Hall–Kier alpha value is -5.60. The Morgan fingerprint density at radius 1 is 0.531 bits per heavy atom. The SMILES string of the molecule is CC(C)(C)c1ccc(N(c2ccc(-c3ccc4c(c3)c3cccc5c3n4-c3ccccc3C5(C)C)cc2)c2cccc3ccccc23)cc1. The molecule has 0 unspecified atom stereocenters. The molecule has 1 aliphatic rings. The second-order valence-corrected chi connectivity index (χ2v) is 15.1. The molecule has 0 atom stereocenters. The van der Waals surface area contributed by atoms with Crippen molar-refractivity contribution in [1.29, 1.82) is 0 Å². The average molecular weight is 633 g/mol. The van der Waals surface area contributed by atoms with Gasteiger partial charge in [-0.15, -0.1) is 0 Å². The number of para-hydroxylation sites is 2. The van der Waals surface area contributed by atoms with Crippen molar-refractivity contribution in [3.63, 3.8) is 0 Å². The lowest BCUT2D eigenvalue weighted by Gasteiger charge is -2.34. The van der Waals surface area contributed by atoms with E-state index in [4.69, 9.17) is 0 Å². The van der Waals surface area contributed by atoms with E-state index in [-0.39, 0.29) is 10.8 Å². The van der Waals surface area contributed by atoms with Crippen LogP contribution in [0.3, 0.4) is 0 Å². The first-order valence-electron chi connectivity index (χ1n) is 17.4. The summed E-state index contributed by atoms with van der Waals surface area (Å²) < 4.78 is 2.49. The highest BCUT2D eigenvalue weighted by atomic mass is 15.1. The maximum Gasteiger partial charge on any atom is 0.0582 e. The predicted molar refractivity (Wildman–Crippen MR) is 209 cm³/mol. The van der Waals surface area contributed by atoms with E-state index in [0.717, 1.165) is 11.4 Å². The lowest BCUT2D eigenvalue weighted by atomic mass is 9.75. The fraction of sp³-hybridized carbons (Fsp3) is 0.149. The number of benzene rings is 7. The summed E-state index contributed by atoms with van der Waals surface area (Å²) in [4.78, 5) is 2.39. The van der Waals surface area contributed by atoms with Gasteiger partial charge in [-0.1, -0.05) is 138 Å². The molecule has 2 nitrogen and oxygen atoms in total. The smallest absolute Gasteiger partial charge is 0.0582 e. The van der Waals surface area contributed by atoms with Crippen LogP contribution in [0.15, 0.2) is 152 Å². The zero-order chi connectivity index (χ0) is 33.5. The van der Waals surface area contributed by atoms with Gasteiger partial charge in [-0.25, -0.2) is 0 Å². The summed E-state index contributed by atoms with van der Waals surface area (Å²) in [5.74, 6) is 0. The molecule has 0 fully saturated rings. The molecule has 2 heteroatoms. The van der Waals surface area contributed by atoms with E-state index in [1.165, 1.54) is 71.8 Å². The Morgan fingerprint density at radius 3 is 1.92 bits per heavy atom. The Balaban J connectivity index is 1.17. The molecule has 0 amide bonds. The number of fused-ring (bicyclic) bond motifs is 6. The van der Waals surface area contributed by atoms with E-state index in [1.54, 1.807) is 0 Å². The Morgan fingerprint density at radius 2 is 1.14 bits per heavy atom. The van der Waals surface area contributed by atoms with Crippen molar-refractivity contribution < 1.29 is 0 Å². The monoisotopic (exact) mass is 632 g/mol. The first-order chi connectivity index (χ1) is 23.7. The van der Waals surface area contributed by atoms with Crippen LogP contribution in [0.4, 0.5) is 17.1 Å². The van der Waals surface area contributed by atoms with Crippen LogP contribution >= 0.6 is 0 Å². The summed E-state index contributed by atoms with van der Waals surface area (Å²) in [7, 11) is 0. The summed E-state index contributed by atoms with van der Waals surface area (Å²) in [6.45, 7) is 11.5. The minimum absolute atomic E-state index is 0.0673. The highest BCUT2D eigenvalue weighted by molar-refractivity contribution is 6.12. The molecule has 238 valence electrons. The van der Waals surface area contributed by atoms with Gasteiger partial charge in [0.15, 0.2) is 0 Å². The third-order valence-electron chi connectivity index (χ3n) is 10.7. The van der Waals surface area contributed by atoms with Gasteiger partial charge < -0.3 is 9.47 Å². The van der Waals surface area contributed by atoms with Crippen molar-refractivity contribution in [2.75, 3.05) is 4.90 Å². The highest BCUT2D eigenvalue weighted by Gasteiger charge is 2.34. The quantitative estimate of drug-likeness (QED) is 0.187. The van der Waals surface area contributed by atoms with Crippen molar-refractivity contribution in [2.24, 2.45) is 0 Å². The van der Waals surface area contributed by atoms with Crippen LogP contribution in [-0.4, -0.2) is 4.57 Å². The first kappa shape index (κ1) is 29.5. The molecule has 7 aromatic carbocycles. The fourth-order valence-corrected chi connectivity index (χ4v) is 8.09. The van der Waals surface area contributed by atoms with Gasteiger partial charge in [0.25, 0.3) is 0 Å². The zero-order valence-corrected chi connectivity index (χ0v) is 28.8. The minimum atomic E-state index is -0.0673. The van der Waals surface area contributed by atoms with E-state index in [1.807, 2.05) is 0 Å². The molecule has 0 saturated carbocycles. The van der Waals surface area contributed by atoms with Gasteiger partial charge in [0.1, 0.15) is 0 Å². The van der Waals surface area contributed by atoms with Crippen LogP contribution in [-0.2, 0) is 10.8 Å². The van der Waals surface area contributed by atoms with E-state index in [9.17, 15) is 0 Å². The number of anilines is 3. The molecule has 2 heterocycles. The van der Waals surface area contributed by atoms with Crippen molar-refractivity contribution in [3.8, 4) is 16.8 Å². The Labute approximate surface area is 288 Å². The summed E-state index contributed by atoms with van der Waals surface area (Å²) in [5.41, 5.74) is 13.9. The van der Waals surface area contributed by atoms with E-state index < -0.39 is 0 Å². The lowest BCUT2D eigenvalue weighted by Crippen LogP contribution is -2.26. The number of aromatic nitrogens is 1. The lowest BCUT2D eigenvalue weighted by molar-refractivity contribution is 0.590. The predicted octanol–water partition coefficient (Wildman–Crippen LogP) is 13.0. The van der Waals surface area contributed by atoms with E-state index in [0.29, 0.717) is 0 Å². The number of rotatable bonds is 4. The molecule has 9 rings (SSSR count). The Bertz CT molecular complexity index is 2540.